The number of benzene rings is 1. The van der Waals surface area contributed by atoms with E-state index < -0.39 is 21.7 Å². The highest BCUT2D eigenvalue weighted by Crippen LogP contribution is 2.34. The van der Waals surface area contributed by atoms with E-state index in [1.807, 2.05) is 0 Å². The summed E-state index contributed by atoms with van der Waals surface area (Å²) >= 11 is 13.0. The van der Waals surface area contributed by atoms with Crippen LogP contribution in [-0.2, 0) is 14.6 Å². The van der Waals surface area contributed by atoms with Crippen molar-refractivity contribution in [1.82, 2.24) is 4.98 Å². The van der Waals surface area contributed by atoms with Gasteiger partial charge in [0, 0.05) is 17.7 Å². The smallest absolute Gasteiger partial charge is 0.308 e. The lowest BCUT2D eigenvalue weighted by atomic mass is 10.2. The van der Waals surface area contributed by atoms with Gasteiger partial charge in [0.05, 0.1) is 10.0 Å². The number of hydrogen-bond acceptors (Lipinski definition) is 7. The third-order valence-corrected chi connectivity index (χ3v) is 7.20. The molecule has 1 aromatic carbocycles. The van der Waals surface area contributed by atoms with E-state index in [9.17, 15) is 18.0 Å². The molecule has 0 aliphatic heterocycles. The average molecular weight is 533 g/mol. The zero-order valence-corrected chi connectivity index (χ0v) is 18.2. The molecule has 25 heavy (non-hydrogen) atoms. The molecule has 2 rings (SSSR count). The van der Waals surface area contributed by atoms with Gasteiger partial charge < -0.3 is 4.74 Å². The van der Waals surface area contributed by atoms with Crippen LogP contribution in [0, 0.1) is 0 Å². The van der Waals surface area contributed by atoms with Crippen molar-refractivity contribution in [3.8, 4) is 5.75 Å². The molecule has 0 bridgehead atoms. The molecule has 0 atom stereocenters. The molecule has 1 heterocycles. The van der Waals surface area contributed by atoms with Crippen molar-refractivity contribution in [3.63, 3.8) is 0 Å². The van der Waals surface area contributed by atoms with Crippen LogP contribution < -0.4 is 10.1 Å². The van der Waals surface area contributed by atoms with Gasteiger partial charge in [0.2, 0.25) is 0 Å². The zero-order valence-electron chi connectivity index (χ0n) is 12.6. The Morgan fingerprint density at radius 2 is 1.92 bits per heavy atom. The topological polar surface area (TPSA) is 102 Å². The van der Waals surface area contributed by atoms with Gasteiger partial charge in [0.1, 0.15) is 5.75 Å². The molecule has 1 aromatic heterocycles. The Hall–Kier alpha value is -1.01. The van der Waals surface area contributed by atoms with Gasteiger partial charge in [-0.15, -0.1) is 0 Å². The first-order valence-corrected chi connectivity index (χ1v) is 11.0. The lowest BCUT2D eigenvalue weighted by Crippen LogP contribution is -2.13. The van der Waals surface area contributed by atoms with E-state index in [1.165, 1.54) is 19.1 Å². The van der Waals surface area contributed by atoms with Crippen LogP contribution in [0.3, 0.4) is 0 Å². The summed E-state index contributed by atoms with van der Waals surface area (Å²) in [7, 11) is -3.54. The fourth-order valence-electron chi connectivity index (χ4n) is 1.67. The minimum Gasteiger partial charge on any atom is -0.425 e. The second-order valence-electron chi connectivity index (χ2n) is 4.68. The summed E-state index contributed by atoms with van der Waals surface area (Å²) in [6, 6.07) is 2.90. The van der Waals surface area contributed by atoms with E-state index in [4.69, 9.17) is 16.3 Å². The minimum atomic E-state index is -3.54. The number of esters is 1. The van der Waals surface area contributed by atoms with Crippen LogP contribution in [0.5, 0.6) is 5.75 Å². The second-order valence-corrected chi connectivity index (χ2v) is 9.96. The molecule has 0 saturated carbocycles. The number of ether oxygens (including phenoxy) is 1. The van der Waals surface area contributed by atoms with Crippen LogP contribution in [0.25, 0.3) is 0 Å². The maximum Gasteiger partial charge on any atom is 0.308 e. The number of nitrogens with zero attached hydrogens (tertiary/aromatic N) is 1. The summed E-state index contributed by atoms with van der Waals surface area (Å²) in [5.74, 6) is -0.810. The Bertz CT molecular complexity index is 975. The molecule has 0 aliphatic carbocycles. The molecule has 134 valence electrons. The molecular formula is C13H9Br2ClN2O5S2. The van der Waals surface area contributed by atoms with Gasteiger partial charge in [-0.1, -0.05) is 22.9 Å². The fourth-order valence-corrected chi connectivity index (χ4v) is 5.05. The molecule has 2 aromatic rings. The Labute approximate surface area is 168 Å². The maximum absolute atomic E-state index is 12.4. The highest BCUT2D eigenvalue weighted by atomic mass is 79.9. The summed E-state index contributed by atoms with van der Waals surface area (Å²) in [5.41, 5.74) is 0.218. The summed E-state index contributed by atoms with van der Waals surface area (Å²) < 4.78 is 28.8. The van der Waals surface area contributed by atoms with Crippen LogP contribution in [-0.4, -0.2) is 31.5 Å². The number of thiazole rings is 1. The van der Waals surface area contributed by atoms with Crippen LogP contribution in [0.2, 0.25) is 5.15 Å². The van der Waals surface area contributed by atoms with Crippen LogP contribution in [0.4, 0.5) is 5.13 Å². The SMILES string of the molecule is CC(=O)Oc1cc(Br)c(C(=O)Nc2nc(Cl)c(S(C)(=O)=O)s2)cc1Br. The van der Waals surface area contributed by atoms with E-state index in [1.54, 1.807) is 0 Å². The molecule has 12 heteroatoms. The standard InChI is InChI=1S/C13H9Br2ClN2O5S2/c1-5(19)23-9-4-7(14)6(3-8(9)15)11(20)18-13-17-10(16)12(24-13)25(2,21)22/h3-4H,1-2H3,(H,17,18,20). The molecule has 0 spiro atoms. The first-order valence-electron chi connectivity index (χ1n) is 6.34. The van der Waals surface area contributed by atoms with Crippen molar-refractivity contribution in [2.45, 2.75) is 11.1 Å². The molecule has 0 saturated heterocycles. The number of amides is 1. The lowest BCUT2D eigenvalue weighted by Gasteiger charge is -2.09. The number of halogens is 3. The Balaban J connectivity index is 2.30. The monoisotopic (exact) mass is 530 g/mol. The largest absolute Gasteiger partial charge is 0.425 e. The average Bonchev–Trinajstić information content (AvgIpc) is 2.82. The van der Waals surface area contributed by atoms with Crippen molar-refractivity contribution >= 4 is 81.6 Å². The van der Waals surface area contributed by atoms with Crippen molar-refractivity contribution in [2.24, 2.45) is 0 Å². The van der Waals surface area contributed by atoms with Gasteiger partial charge >= 0.3 is 5.97 Å². The van der Waals surface area contributed by atoms with E-state index in [2.05, 4.69) is 42.2 Å². The first-order chi connectivity index (χ1) is 11.5. The summed E-state index contributed by atoms with van der Waals surface area (Å²) in [6.07, 6.45) is 0.999. The van der Waals surface area contributed by atoms with Gasteiger partial charge in [-0.25, -0.2) is 13.4 Å². The number of aromatic nitrogens is 1. The van der Waals surface area contributed by atoms with Crippen molar-refractivity contribution < 1.29 is 22.7 Å². The van der Waals surface area contributed by atoms with E-state index in [0.29, 0.717) is 8.95 Å². The highest BCUT2D eigenvalue weighted by molar-refractivity contribution is 9.11. The second kappa shape index (κ2) is 7.70. The summed E-state index contributed by atoms with van der Waals surface area (Å²) in [5, 5.41) is 2.32. The number of sulfone groups is 1. The van der Waals surface area contributed by atoms with E-state index in [-0.39, 0.29) is 25.8 Å². The van der Waals surface area contributed by atoms with Crippen LogP contribution in [0.1, 0.15) is 17.3 Å². The predicted octanol–water partition coefficient (Wildman–Crippen LogP) is 3.90. The number of hydrogen-bond donors (Lipinski definition) is 1. The normalized spacial score (nSPS) is 11.2. The van der Waals surface area contributed by atoms with Gasteiger partial charge in [0.25, 0.3) is 5.91 Å². The number of carbonyl (C=O) groups is 2. The maximum atomic E-state index is 12.4. The third kappa shape index (κ3) is 5.00. The Morgan fingerprint density at radius 3 is 2.44 bits per heavy atom. The van der Waals surface area contributed by atoms with Crippen molar-refractivity contribution in [2.75, 3.05) is 11.6 Å². The van der Waals surface area contributed by atoms with Crippen molar-refractivity contribution in [3.05, 3.63) is 31.8 Å². The first kappa shape index (κ1) is 20.3. The molecule has 0 fully saturated rings. The van der Waals surface area contributed by atoms with Crippen molar-refractivity contribution in [1.29, 1.82) is 0 Å². The minimum absolute atomic E-state index is 0.0440. The molecule has 1 amide bonds. The fraction of sp³-hybridized carbons (Fsp3) is 0.154. The predicted molar refractivity (Wildman–Crippen MR) is 101 cm³/mol. The Kier molecular flexibility index (Phi) is 6.26. The molecule has 0 unspecified atom stereocenters. The third-order valence-electron chi connectivity index (χ3n) is 2.63. The number of nitrogens with one attached hydrogen (secondary N) is 1. The van der Waals surface area contributed by atoms with Gasteiger partial charge in [-0.2, -0.15) is 0 Å². The quantitative estimate of drug-likeness (QED) is 0.473. The summed E-state index contributed by atoms with van der Waals surface area (Å²) in [4.78, 5) is 27.3. The van der Waals surface area contributed by atoms with Gasteiger partial charge in [0.15, 0.2) is 24.3 Å². The van der Waals surface area contributed by atoms with E-state index in [0.717, 1.165) is 17.6 Å². The molecular weight excluding hydrogens is 524 g/mol. The molecule has 7 nitrogen and oxygen atoms in total. The van der Waals surface area contributed by atoms with Crippen LogP contribution in [0.15, 0.2) is 25.3 Å². The number of carbonyl (C=O) groups excluding carboxylic acids is 2. The number of rotatable bonds is 4. The highest BCUT2D eigenvalue weighted by Gasteiger charge is 2.21. The Morgan fingerprint density at radius 1 is 1.28 bits per heavy atom. The summed E-state index contributed by atoms with van der Waals surface area (Å²) in [6.45, 7) is 1.26. The van der Waals surface area contributed by atoms with E-state index >= 15 is 0 Å². The zero-order chi connectivity index (χ0) is 18.9. The molecule has 1 N–H and O–H groups in total. The molecule has 0 aliphatic rings. The number of anilines is 1. The van der Waals surface area contributed by atoms with Gasteiger partial charge in [-0.3, -0.25) is 14.9 Å². The lowest BCUT2D eigenvalue weighted by molar-refractivity contribution is -0.131. The van der Waals surface area contributed by atoms with Gasteiger partial charge in [-0.05, 0) is 44.0 Å². The molecule has 0 radical (unpaired) electrons. The van der Waals surface area contributed by atoms with Crippen LogP contribution >= 0.6 is 54.8 Å².